The van der Waals surface area contributed by atoms with Crippen LogP contribution in [0.5, 0.6) is 0 Å². The molecule has 0 bridgehead atoms. The summed E-state index contributed by atoms with van der Waals surface area (Å²) < 4.78 is 0. The molecule has 0 aliphatic heterocycles. The van der Waals surface area contributed by atoms with Crippen molar-refractivity contribution >= 4 is 29.1 Å². The first-order valence-electron chi connectivity index (χ1n) is 8.54. The maximum Gasteiger partial charge on any atom is 0.274 e. The minimum absolute atomic E-state index is 0.299. The van der Waals surface area contributed by atoms with Crippen molar-refractivity contribution in [3.05, 3.63) is 76.8 Å². The zero-order chi connectivity index (χ0) is 19.2. The summed E-state index contributed by atoms with van der Waals surface area (Å²) in [5.74, 6) is 0.215. The average molecular weight is 382 g/mol. The summed E-state index contributed by atoms with van der Waals surface area (Å²) in [5, 5.41) is 3.37. The summed E-state index contributed by atoms with van der Waals surface area (Å²) in [6, 6.07) is 12.6. The van der Waals surface area contributed by atoms with E-state index >= 15 is 0 Å². The molecule has 1 N–H and O–H groups in total. The Bertz CT molecular complexity index is 933. The third kappa shape index (κ3) is 5.24. The molecule has 2 aromatic heterocycles. The van der Waals surface area contributed by atoms with Crippen molar-refractivity contribution in [3.8, 4) is 0 Å². The van der Waals surface area contributed by atoms with Gasteiger partial charge in [-0.05, 0) is 55.3 Å². The Morgan fingerprint density at radius 2 is 1.93 bits per heavy atom. The second-order valence-corrected chi connectivity index (χ2v) is 6.62. The number of likely N-dealkylation sites (N-methyl/N-ethyl adjacent to an activating group) is 1. The Kier molecular flexibility index (Phi) is 5.98. The van der Waals surface area contributed by atoms with E-state index < -0.39 is 0 Å². The van der Waals surface area contributed by atoms with Gasteiger partial charge >= 0.3 is 0 Å². The minimum atomic E-state index is -0.299. The van der Waals surface area contributed by atoms with Crippen LogP contribution in [0.25, 0.3) is 0 Å². The summed E-state index contributed by atoms with van der Waals surface area (Å²) >= 11 is 5.96. The van der Waals surface area contributed by atoms with Gasteiger partial charge in [-0.15, -0.1) is 0 Å². The molecule has 0 radical (unpaired) electrons. The smallest absolute Gasteiger partial charge is 0.274 e. The summed E-state index contributed by atoms with van der Waals surface area (Å²) in [7, 11) is 1.91. The van der Waals surface area contributed by atoms with E-state index in [1.165, 1.54) is 5.56 Å². The number of nitrogens with one attached hydrogen (secondary N) is 1. The molecular formula is C20H20ClN5O. The van der Waals surface area contributed by atoms with Gasteiger partial charge in [0.05, 0.1) is 0 Å². The SMILES string of the molecule is Cc1cc(C(=O)Nc2cccc(Cl)c2)nc(N(C)CCc2ccncc2)n1. The number of hydrogen-bond acceptors (Lipinski definition) is 5. The highest BCUT2D eigenvalue weighted by Crippen LogP contribution is 2.16. The number of halogens is 1. The van der Waals surface area contributed by atoms with Crippen molar-refractivity contribution in [3.63, 3.8) is 0 Å². The fraction of sp³-hybridized carbons (Fsp3) is 0.200. The Hall–Kier alpha value is -2.99. The van der Waals surface area contributed by atoms with E-state index in [1.807, 2.05) is 31.0 Å². The summed E-state index contributed by atoms with van der Waals surface area (Å²) in [4.78, 5) is 27.4. The van der Waals surface area contributed by atoms with Gasteiger partial charge < -0.3 is 10.2 Å². The average Bonchev–Trinajstić information content (AvgIpc) is 2.66. The molecule has 6 nitrogen and oxygen atoms in total. The first kappa shape index (κ1) is 18.8. The normalized spacial score (nSPS) is 10.5. The molecule has 0 atom stereocenters. The minimum Gasteiger partial charge on any atom is -0.344 e. The highest BCUT2D eigenvalue weighted by atomic mass is 35.5. The highest BCUT2D eigenvalue weighted by molar-refractivity contribution is 6.30. The van der Waals surface area contributed by atoms with E-state index in [0.717, 1.165) is 18.7 Å². The van der Waals surface area contributed by atoms with E-state index in [2.05, 4.69) is 20.3 Å². The fourth-order valence-electron chi connectivity index (χ4n) is 2.55. The van der Waals surface area contributed by atoms with Crippen molar-refractivity contribution in [2.24, 2.45) is 0 Å². The van der Waals surface area contributed by atoms with E-state index in [9.17, 15) is 4.79 Å². The van der Waals surface area contributed by atoms with E-state index in [-0.39, 0.29) is 5.91 Å². The number of anilines is 2. The van der Waals surface area contributed by atoms with E-state index in [4.69, 9.17) is 11.6 Å². The lowest BCUT2D eigenvalue weighted by Gasteiger charge is -2.18. The van der Waals surface area contributed by atoms with Gasteiger partial charge in [-0.2, -0.15) is 0 Å². The molecule has 1 aromatic carbocycles. The Balaban J connectivity index is 1.72. The number of benzene rings is 1. The van der Waals surface area contributed by atoms with Gasteiger partial charge in [-0.3, -0.25) is 9.78 Å². The number of pyridine rings is 1. The van der Waals surface area contributed by atoms with Gasteiger partial charge in [0.1, 0.15) is 5.69 Å². The molecule has 0 aliphatic carbocycles. The second kappa shape index (κ2) is 8.60. The summed E-state index contributed by atoms with van der Waals surface area (Å²) in [6.45, 7) is 2.57. The van der Waals surface area contributed by atoms with Crippen LogP contribution in [0.3, 0.4) is 0 Å². The van der Waals surface area contributed by atoms with Gasteiger partial charge in [0.25, 0.3) is 5.91 Å². The number of hydrogen-bond donors (Lipinski definition) is 1. The molecule has 1 amide bonds. The number of carbonyl (C=O) groups is 1. The van der Waals surface area contributed by atoms with Crippen LogP contribution in [0.4, 0.5) is 11.6 Å². The number of amides is 1. The molecule has 0 aliphatic rings. The summed E-state index contributed by atoms with van der Waals surface area (Å²) in [5.41, 5.74) is 2.85. The van der Waals surface area contributed by atoms with Crippen molar-refractivity contribution in [2.45, 2.75) is 13.3 Å². The number of nitrogens with zero attached hydrogens (tertiary/aromatic N) is 4. The molecule has 0 saturated carbocycles. The highest BCUT2D eigenvalue weighted by Gasteiger charge is 2.13. The predicted octanol–water partition coefficient (Wildman–Crippen LogP) is 3.76. The van der Waals surface area contributed by atoms with Crippen LogP contribution < -0.4 is 10.2 Å². The van der Waals surface area contributed by atoms with Crippen LogP contribution in [0, 0.1) is 6.92 Å². The number of aromatic nitrogens is 3. The molecule has 0 unspecified atom stereocenters. The molecule has 7 heteroatoms. The quantitative estimate of drug-likeness (QED) is 0.703. The van der Waals surface area contributed by atoms with Gasteiger partial charge in [0, 0.05) is 42.4 Å². The molecule has 3 rings (SSSR count). The van der Waals surface area contributed by atoms with Crippen molar-refractivity contribution in [1.82, 2.24) is 15.0 Å². The second-order valence-electron chi connectivity index (χ2n) is 6.19. The van der Waals surface area contributed by atoms with Crippen LogP contribution in [0.15, 0.2) is 54.9 Å². The molecule has 138 valence electrons. The van der Waals surface area contributed by atoms with E-state index in [1.54, 1.807) is 42.7 Å². The summed E-state index contributed by atoms with van der Waals surface area (Å²) in [6.07, 6.45) is 4.38. The molecule has 27 heavy (non-hydrogen) atoms. The molecular weight excluding hydrogens is 362 g/mol. The number of rotatable bonds is 6. The zero-order valence-corrected chi connectivity index (χ0v) is 15.9. The predicted molar refractivity (Wildman–Crippen MR) is 107 cm³/mol. The monoisotopic (exact) mass is 381 g/mol. The van der Waals surface area contributed by atoms with Gasteiger partial charge in [0.2, 0.25) is 5.95 Å². The first-order chi connectivity index (χ1) is 13.0. The van der Waals surface area contributed by atoms with Crippen LogP contribution in [0.1, 0.15) is 21.7 Å². The van der Waals surface area contributed by atoms with Crippen LogP contribution in [0.2, 0.25) is 5.02 Å². The van der Waals surface area contributed by atoms with Crippen molar-refractivity contribution in [1.29, 1.82) is 0 Å². The van der Waals surface area contributed by atoms with Gasteiger partial charge in [0.15, 0.2) is 0 Å². The molecule has 0 spiro atoms. The first-order valence-corrected chi connectivity index (χ1v) is 8.92. The zero-order valence-electron chi connectivity index (χ0n) is 15.2. The molecule has 0 fully saturated rings. The lowest BCUT2D eigenvalue weighted by atomic mass is 10.2. The Morgan fingerprint density at radius 1 is 1.15 bits per heavy atom. The van der Waals surface area contributed by atoms with Gasteiger partial charge in [-0.25, -0.2) is 9.97 Å². The van der Waals surface area contributed by atoms with Gasteiger partial charge in [-0.1, -0.05) is 17.7 Å². The van der Waals surface area contributed by atoms with Crippen LogP contribution in [-0.4, -0.2) is 34.5 Å². The Labute approximate surface area is 163 Å². The Morgan fingerprint density at radius 3 is 2.67 bits per heavy atom. The van der Waals surface area contributed by atoms with Crippen molar-refractivity contribution in [2.75, 3.05) is 23.8 Å². The van der Waals surface area contributed by atoms with Crippen LogP contribution in [-0.2, 0) is 6.42 Å². The standard InChI is InChI=1S/C20H20ClN5O/c1-14-12-18(19(27)24-17-5-3-4-16(21)13-17)25-20(23-14)26(2)11-8-15-6-9-22-10-7-15/h3-7,9-10,12-13H,8,11H2,1-2H3,(H,24,27). The lowest BCUT2D eigenvalue weighted by Crippen LogP contribution is -2.24. The maximum atomic E-state index is 12.6. The molecule has 2 heterocycles. The topological polar surface area (TPSA) is 71.0 Å². The number of aryl methyl sites for hydroxylation is 1. The third-order valence-electron chi connectivity index (χ3n) is 3.98. The lowest BCUT2D eigenvalue weighted by molar-refractivity contribution is 0.102. The largest absolute Gasteiger partial charge is 0.344 e. The maximum absolute atomic E-state index is 12.6. The van der Waals surface area contributed by atoms with Crippen molar-refractivity contribution < 1.29 is 4.79 Å². The molecule has 3 aromatic rings. The fourth-order valence-corrected chi connectivity index (χ4v) is 2.74. The van der Waals surface area contributed by atoms with Crippen LogP contribution >= 0.6 is 11.6 Å². The number of carbonyl (C=O) groups excluding carboxylic acids is 1. The molecule has 0 saturated heterocycles. The van der Waals surface area contributed by atoms with E-state index in [0.29, 0.717) is 22.4 Å². The third-order valence-corrected chi connectivity index (χ3v) is 4.22.